The number of terminal acetylenes is 1. The Morgan fingerprint density at radius 1 is 2.00 bits per heavy atom. The Bertz CT molecular complexity index is 209. The molecule has 34 valence electrons. The molecule has 0 radical (unpaired) electrons. The van der Waals surface area contributed by atoms with Crippen molar-refractivity contribution in [1.82, 2.24) is 0 Å². The molecular formula is C5H8O. The van der Waals surface area contributed by atoms with Gasteiger partial charge in [0.25, 0.3) is 0 Å². The molecule has 0 aromatic heterocycles. The lowest BCUT2D eigenvalue weighted by atomic mass is 10.3. The van der Waals surface area contributed by atoms with Gasteiger partial charge in [0.15, 0.2) is 0 Å². The second-order valence-corrected chi connectivity index (χ2v) is 0.506. The molecule has 0 spiro atoms. The second kappa shape index (κ2) is 4.52. The summed E-state index contributed by atoms with van der Waals surface area (Å²) in [4.78, 5) is 0. The second-order valence-electron chi connectivity index (χ2n) is 0.506. The largest absolute Gasteiger partial charge is 0.396 e. The van der Waals surface area contributed by atoms with E-state index in [4.69, 9.17) is 13.3 Å². The molecule has 1 heteroatoms. The molecule has 0 aliphatic rings. The summed E-state index contributed by atoms with van der Waals surface area (Å²) >= 11 is 0. The zero-order chi connectivity index (χ0) is 10.2. The Labute approximate surface area is 46.4 Å². The van der Waals surface area contributed by atoms with Gasteiger partial charge < -0.3 is 5.11 Å². The zero-order valence-electron chi connectivity index (χ0n) is 9.02. The minimum atomic E-state index is -3.30. The molecule has 0 aromatic carbocycles. The van der Waals surface area contributed by atoms with Gasteiger partial charge in [0, 0.05) is 18.4 Å². The minimum Gasteiger partial charge on any atom is -0.396 e. The first-order valence-corrected chi connectivity index (χ1v) is 1.26. The van der Waals surface area contributed by atoms with Crippen LogP contribution in [-0.2, 0) is 0 Å². The van der Waals surface area contributed by atoms with Crippen LogP contribution in [0.3, 0.4) is 0 Å². The fourth-order valence-electron chi connectivity index (χ4n) is 0.0640. The van der Waals surface area contributed by atoms with Crippen LogP contribution in [0.4, 0.5) is 0 Å². The van der Waals surface area contributed by atoms with Crippen LogP contribution in [0, 0.1) is 12.3 Å². The van der Waals surface area contributed by atoms with Crippen LogP contribution in [0.2, 0.25) is 0 Å². The van der Waals surface area contributed by atoms with Gasteiger partial charge in [-0.15, -0.1) is 12.3 Å². The Balaban J connectivity index is 5.02. The average molecular weight is 90.2 g/mol. The first-order chi connectivity index (χ1) is 5.06. The van der Waals surface area contributed by atoms with Crippen LogP contribution >= 0.6 is 0 Å². The highest BCUT2D eigenvalue weighted by molar-refractivity contribution is 4.82. The molecule has 0 heterocycles. The van der Waals surface area contributed by atoms with E-state index in [0.717, 1.165) is 0 Å². The molecule has 0 aromatic rings. The third kappa shape index (κ3) is 3.52. The van der Waals surface area contributed by atoms with E-state index < -0.39 is 19.3 Å². The van der Waals surface area contributed by atoms with Crippen LogP contribution in [0.25, 0.3) is 0 Å². The van der Waals surface area contributed by atoms with E-state index in [-0.39, 0.29) is 0 Å². The van der Waals surface area contributed by atoms with E-state index in [2.05, 4.69) is 6.42 Å². The van der Waals surface area contributed by atoms with Gasteiger partial charge in [-0.3, -0.25) is 0 Å². The SMILES string of the molecule is [2H]C([2H])(O)C([2H])([2H])C([2H])([2H])C#C. The molecule has 0 fully saturated rings. The lowest BCUT2D eigenvalue weighted by Gasteiger charge is -1.79. The molecule has 0 atom stereocenters. The van der Waals surface area contributed by atoms with Crippen molar-refractivity contribution < 1.29 is 13.3 Å². The maximum Gasteiger partial charge on any atom is 0.0564 e. The van der Waals surface area contributed by atoms with Gasteiger partial charge in [-0.1, -0.05) is 0 Å². The molecule has 0 bridgehead atoms. The van der Waals surface area contributed by atoms with Gasteiger partial charge in [0.1, 0.15) is 0 Å². The minimum absolute atomic E-state index is 1.45. The highest BCUT2D eigenvalue weighted by Crippen LogP contribution is 1.79. The lowest BCUT2D eigenvalue weighted by molar-refractivity contribution is 0.290. The number of rotatable bonds is 2. The summed E-state index contributed by atoms with van der Waals surface area (Å²) in [6, 6.07) is 0. The molecule has 1 N–H and O–H groups in total. The number of hydrogen-bond donors (Lipinski definition) is 1. The summed E-state index contributed by atoms with van der Waals surface area (Å²) in [6.07, 6.45) is -1.33. The summed E-state index contributed by atoms with van der Waals surface area (Å²) in [6.45, 7) is -3.30. The van der Waals surface area contributed by atoms with Crippen molar-refractivity contribution in [2.45, 2.75) is 12.7 Å². The molecule has 0 rings (SSSR count). The average Bonchev–Trinajstić information content (AvgIpc) is 1.85. The third-order valence-corrected chi connectivity index (χ3v) is 0.191. The molecule has 0 aliphatic carbocycles. The van der Waals surface area contributed by atoms with E-state index in [0.29, 0.717) is 0 Å². The summed E-state index contributed by atoms with van der Waals surface area (Å²) in [7, 11) is 0. The van der Waals surface area contributed by atoms with Gasteiger partial charge in [-0.25, -0.2) is 0 Å². The van der Waals surface area contributed by atoms with Gasteiger partial charge >= 0.3 is 0 Å². The van der Waals surface area contributed by atoms with Crippen LogP contribution in [0.5, 0.6) is 0 Å². The summed E-state index contributed by atoms with van der Waals surface area (Å²) < 4.78 is 40.8. The van der Waals surface area contributed by atoms with Crippen molar-refractivity contribution in [3.8, 4) is 12.3 Å². The molecule has 1 nitrogen and oxygen atoms in total. The Kier molecular flexibility index (Phi) is 0.768. The van der Waals surface area contributed by atoms with E-state index >= 15 is 0 Å². The fourth-order valence-corrected chi connectivity index (χ4v) is 0.0640. The molecule has 0 saturated carbocycles. The Morgan fingerprint density at radius 3 is 2.83 bits per heavy atom. The van der Waals surface area contributed by atoms with Crippen LogP contribution < -0.4 is 0 Å². The van der Waals surface area contributed by atoms with Crippen molar-refractivity contribution >= 4 is 0 Å². The third-order valence-electron chi connectivity index (χ3n) is 0.191. The van der Waals surface area contributed by atoms with Crippen LogP contribution in [-0.4, -0.2) is 11.7 Å². The maximum absolute atomic E-state index is 8.63. The Hall–Kier alpha value is -0.480. The van der Waals surface area contributed by atoms with Gasteiger partial charge in [0.2, 0.25) is 0 Å². The van der Waals surface area contributed by atoms with Crippen LogP contribution in [0.15, 0.2) is 0 Å². The van der Waals surface area contributed by atoms with Crippen LogP contribution in [0.1, 0.15) is 21.0 Å². The highest BCUT2D eigenvalue weighted by atomic mass is 16.2. The van der Waals surface area contributed by atoms with E-state index in [1.165, 1.54) is 5.92 Å². The predicted molar refractivity (Wildman–Crippen MR) is 25.2 cm³/mol. The van der Waals surface area contributed by atoms with E-state index in [1.807, 2.05) is 0 Å². The lowest BCUT2D eigenvalue weighted by Crippen LogP contribution is -1.77. The first-order valence-electron chi connectivity index (χ1n) is 4.26. The Morgan fingerprint density at radius 2 is 2.67 bits per heavy atom. The number of aliphatic hydroxyl groups is 1. The van der Waals surface area contributed by atoms with Gasteiger partial charge in [0.05, 0.1) is 2.74 Å². The summed E-state index contributed by atoms with van der Waals surface area (Å²) in [5, 5.41) is 8.63. The van der Waals surface area contributed by atoms with Crippen molar-refractivity contribution in [2.75, 3.05) is 6.56 Å². The topological polar surface area (TPSA) is 20.2 Å². The molecule has 0 amide bonds. The molecule has 6 heavy (non-hydrogen) atoms. The summed E-state index contributed by atoms with van der Waals surface area (Å²) in [5.41, 5.74) is 0. The standard InChI is InChI=1S/C5H8O/c1-2-3-4-5-6/h1,6H,3-5H2/i3D2,4D2,5D2. The number of hydrogen-bond acceptors (Lipinski definition) is 1. The molecule has 0 aliphatic heterocycles. The monoisotopic (exact) mass is 90.1 g/mol. The van der Waals surface area contributed by atoms with E-state index in [9.17, 15) is 0 Å². The molecule has 0 saturated heterocycles. The van der Waals surface area contributed by atoms with Crippen molar-refractivity contribution in [3.05, 3.63) is 0 Å². The van der Waals surface area contributed by atoms with Crippen molar-refractivity contribution in [1.29, 1.82) is 0 Å². The van der Waals surface area contributed by atoms with Gasteiger partial charge in [-0.2, -0.15) is 0 Å². The van der Waals surface area contributed by atoms with Gasteiger partial charge in [-0.05, 0) is 6.37 Å². The highest BCUT2D eigenvalue weighted by Gasteiger charge is 1.72. The first kappa shape index (κ1) is 1.02. The maximum atomic E-state index is 8.63. The normalized spacial score (nSPS) is 29.3. The smallest absolute Gasteiger partial charge is 0.0564 e. The predicted octanol–water partition coefficient (Wildman–Crippen LogP) is 0.392. The van der Waals surface area contributed by atoms with Crippen molar-refractivity contribution in [2.24, 2.45) is 0 Å². The zero-order valence-corrected chi connectivity index (χ0v) is 3.02. The van der Waals surface area contributed by atoms with E-state index in [1.54, 1.807) is 0 Å². The fraction of sp³-hybridized carbons (Fsp3) is 0.600. The quantitative estimate of drug-likeness (QED) is 0.486. The molecule has 0 unspecified atom stereocenters. The summed E-state index contributed by atoms with van der Waals surface area (Å²) in [5.74, 6) is 1.45. The molecular weight excluding hydrogens is 76.1 g/mol. The van der Waals surface area contributed by atoms with Crippen molar-refractivity contribution in [3.63, 3.8) is 0 Å².